The van der Waals surface area contributed by atoms with Crippen LogP contribution in [0.2, 0.25) is 0 Å². The average Bonchev–Trinajstić information content (AvgIpc) is 2.79. The van der Waals surface area contributed by atoms with Gasteiger partial charge in [-0.3, -0.25) is 4.79 Å². The lowest BCUT2D eigenvalue weighted by molar-refractivity contribution is 0.0740. The van der Waals surface area contributed by atoms with Gasteiger partial charge in [0.1, 0.15) is 11.4 Å². The molecule has 3 aromatic rings. The van der Waals surface area contributed by atoms with Gasteiger partial charge in [-0.15, -0.1) is 0 Å². The summed E-state index contributed by atoms with van der Waals surface area (Å²) < 4.78 is 5.16. The number of hydrogen-bond acceptors (Lipinski definition) is 5. The van der Waals surface area contributed by atoms with Crippen molar-refractivity contribution in [1.29, 1.82) is 0 Å². The Balaban J connectivity index is 1.50. The van der Waals surface area contributed by atoms with Crippen molar-refractivity contribution in [2.45, 2.75) is 0 Å². The molecule has 1 amide bonds. The molecule has 1 aliphatic heterocycles. The molecule has 0 spiro atoms. The molecule has 4 rings (SSSR count). The van der Waals surface area contributed by atoms with Crippen LogP contribution in [0.3, 0.4) is 0 Å². The van der Waals surface area contributed by atoms with Gasteiger partial charge in [-0.05, 0) is 42.5 Å². The number of rotatable bonds is 4. The second-order valence-corrected chi connectivity index (χ2v) is 6.83. The van der Waals surface area contributed by atoms with Crippen LogP contribution < -0.4 is 15.3 Å². The predicted molar refractivity (Wildman–Crippen MR) is 111 cm³/mol. The number of methoxy groups -OCH3 is 1. The van der Waals surface area contributed by atoms with Crippen molar-refractivity contribution in [1.82, 2.24) is 14.9 Å². The van der Waals surface area contributed by atoms with Crippen LogP contribution in [-0.2, 0) is 0 Å². The first-order valence-corrected chi connectivity index (χ1v) is 9.49. The molecule has 2 heterocycles. The lowest BCUT2D eigenvalue weighted by atomic mass is 10.1. The number of H-pyrrole nitrogens is 1. The first-order chi connectivity index (χ1) is 14.1. The summed E-state index contributed by atoms with van der Waals surface area (Å²) in [5.74, 6) is 0.526. The van der Waals surface area contributed by atoms with E-state index in [1.165, 1.54) is 0 Å². The van der Waals surface area contributed by atoms with E-state index in [2.05, 4.69) is 27.0 Å². The summed E-state index contributed by atoms with van der Waals surface area (Å²) in [6.07, 6.45) is 0. The van der Waals surface area contributed by atoms with Gasteiger partial charge in [0.05, 0.1) is 12.8 Å². The van der Waals surface area contributed by atoms with E-state index in [-0.39, 0.29) is 11.6 Å². The molecule has 7 nitrogen and oxygen atoms in total. The molecule has 1 saturated heterocycles. The zero-order valence-corrected chi connectivity index (χ0v) is 16.2. The van der Waals surface area contributed by atoms with E-state index < -0.39 is 5.69 Å². The van der Waals surface area contributed by atoms with Gasteiger partial charge in [-0.1, -0.05) is 18.2 Å². The highest BCUT2D eigenvalue weighted by Gasteiger charge is 2.23. The summed E-state index contributed by atoms with van der Waals surface area (Å²) in [4.78, 5) is 35.6. The van der Waals surface area contributed by atoms with Gasteiger partial charge in [0.15, 0.2) is 0 Å². The van der Waals surface area contributed by atoms with E-state index in [9.17, 15) is 9.59 Å². The normalized spacial score (nSPS) is 14.0. The van der Waals surface area contributed by atoms with Crippen molar-refractivity contribution in [3.8, 4) is 17.0 Å². The number of nitrogens with zero attached hydrogens (tertiary/aromatic N) is 3. The average molecular weight is 390 g/mol. The topological polar surface area (TPSA) is 78.5 Å². The van der Waals surface area contributed by atoms with E-state index in [0.717, 1.165) is 24.3 Å². The Morgan fingerprint density at radius 3 is 2.34 bits per heavy atom. The lowest BCUT2D eigenvalue weighted by Gasteiger charge is -2.36. The SMILES string of the molecule is COc1ccc(-c2cc(C(=O)N3CCN(c4ccccc4)CC3)[nH]c(=O)n2)cc1. The molecule has 0 radical (unpaired) electrons. The quantitative estimate of drug-likeness (QED) is 0.740. The molecular weight excluding hydrogens is 368 g/mol. The van der Waals surface area contributed by atoms with Crippen molar-refractivity contribution >= 4 is 11.6 Å². The number of anilines is 1. The second kappa shape index (κ2) is 8.18. The van der Waals surface area contributed by atoms with Crippen LogP contribution in [0.1, 0.15) is 10.5 Å². The number of amides is 1. The second-order valence-electron chi connectivity index (χ2n) is 6.83. The maximum Gasteiger partial charge on any atom is 0.346 e. The van der Waals surface area contributed by atoms with E-state index in [1.807, 2.05) is 30.3 Å². The maximum absolute atomic E-state index is 13.0. The monoisotopic (exact) mass is 390 g/mol. The molecule has 0 aliphatic carbocycles. The van der Waals surface area contributed by atoms with Crippen LogP contribution in [0, 0.1) is 0 Å². The number of piperazine rings is 1. The van der Waals surface area contributed by atoms with Gasteiger partial charge in [0.25, 0.3) is 5.91 Å². The standard InChI is InChI=1S/C22H22N4O3/c1-29-18-9-7-16(8-10-18)19-15-20(24-22(28)23-19)21(27)26-13-11-25(12-14-26)17-5-3-2-4-6-17/h2-10,15H,11-14H2,1H3,(H,23,24,28). The molecule has 29 heavy (non-hydrogen) atoms. The Hall–Kier alpha value is -3.61. The summed E-state index contributed by atoms with van der Waals surface area (Å²) in [5, 5.41) is 0. The van der Waals surface area contributed by atoms with Crippen LogP contribution in [0.5, 0.6) is 5.75 Å². The van der Waals surface area contributed by atoms with E-state index in [1.54, 1.807) is 30.2 Å². The van der Waals surface area contributed by atoms with E-state index in [0.29, 0.717) is 24.5 Å². The molecule has 7 heteroatoms. The van der Waals surface area contributed by atoms with Crippen molar-refractivity contribution in [3.05, 3.63) is 76.8 Å². The smallest absolute Gasteiger partial charge is 0.346 e. The number of ether oxygens (including phenoxy) is 1. The third kappa shape index (κ3) is 4.13. The fourth-order valence-electron chi connectivity index (χ4n) is 3.46. The molecule has 1 fully saturated rings. The molecule has 0 atom stereocenters. The number of para-hydroxylation sites is 1. The largest absolute Gasteiger partial charge is 0.497 e. The van der Waals surface area contributed by atoms with Crippen molar-refractivity contribution in [3.63, 3.8) is 0 Å². The van der Waals surface area contributed by atoms with Crippen LogP contribution in [-0.4, -0.2) is 54.1 Å². The highest BCUT2D eigenvalue weighted by atomic mass is 16.5. The Labute approximate surface area is 168 Å². The molecule has 0 unspecified atom stereocenters. The van der Waals surface area contributed by atoms with Gasteiger partial charge < -0.3 is 19.5 Å². The molecular formula is C22H22N4O3. The Kier molecular flexibility index (Phi) is 5.29. The number of carbonyl (C=O) groups is 1. The Morgan fingerprint density at radius 2 is 1.69 bits per heavy atom. The zero-order chi connectivity index (χ0) is 20.2. The van der Waals surface area contributed by atoms with Crippen LogP contribution >= 0.6 is 0 Å². The highest BCUT2D eigenvalue weighted by molar-refractivity contribution is 5.93. The third-order valence-corrected chi connectivity index (χ3v) is 5.05. The van der Waals surface area contributed by atoms with Crippen LogP contribution in [0.15, 0.2) is 65.5 Å². The van der Waals surface area contributed by atoms with Crippen LogP contribution in [0.25, 0.3) is 11.3 Å². The molecule has 0 saturated carbocycles. The number of aromatic nitrogens is 2. The minimum atomic E-state index is -0.537. The first-order valence-electron chi connectivity index (χ1n) is 9.49. The lowest BCUT2D eigenvalue weighted by Crippen LogP contribution is -2.49. The summed E-state index contributed by atoms with van der Waals surface area (Å²) >= 11 is 0. The van der Waals surface area contributed by atoms with Gasteiger partial charge in [-0.2, -0.15) is 4.98 Å². The van der Waals surface area contributed by atoms with Gasteiger partial charge >= 0.3 is 5.69 Å². The fourth-order valence-corrected chi connectivity index (χ4v) is 3.46. The van der Waals surface area contributed by atoms with Crippen molar-refractivity contribution in [2.75, 3.05) is 38.2 Å². The number of carbonyl (C=O) groups excluding carboxylic acids is 1. The maximum atomic E-state index is 13.0. The minimum Gasteiger partial charge on any atom is -0.497 e. The summed E-state index contributed by atoms with van der Waals surface area (Å²) in [6.45, 7) is 2.68. The van der Waals surface area contributed by atoms with Gasteiger partial charge in [0, 0.05) is 37.4 Å². The highest BCUT2D eigenvalue weighted by Crippen LogP contribution is 2.21. The Morgan fingerprint density at radius 1 is 1.00 bits per heavy atom. The zero-order valence-electron chi connectivity index (χ0n) is 16.2. The van der Waals surface area contributed by atoms with Gasteiger partial charge in [-0.25, -0.2) is 4.79 Å². The summed E-state index contributed by atoms with van der Waals surface area (Å²) in [6, 6.07) is 19.0. The van der Waals surface area contributed by atoms with Gasteiger partial charge in [0.2, 0.25) is 0 Å². The molecule has 1 aliphatic rings. The number of hydrogen-bond donors (Lipinski definition) is 1. The minimum absolute atomic E-state index is 0.188. The molecule has 148 valence electrons. The number of benzene rings is 2. The molecule has 1 N–H and O–H groups in total. The van der Waals surface area contributed by atoms with E-state index >= 15 is 0 Å². The first kappa shape index (κ1) is 18.7. The fraction of sp³-hybridized carbons (Fsp3) is 0.227. The third-order valence-electron chi connectivity index (χ3n) is 5.05. The number of aromatic amines is 1. The van der Waals surface area contributed by atoms with Crippen molar-refractivity contribution < 1.29 is 9.53 Å². The van der Waals surface area contributed by atoms with E-state index in [4.69, 9.17) is 4.74 Å². The molecule has 0 bridgehead atoms. The summed E-state index contributed by atoms with van der Waals surface area (Å²) in [7, 11) is 1.59. The summed E-state index contributed by atoms with van der Waals surface area (Å²) in [5.41, 5.74) is 2.08. The van der Waals surface area contributed by atoms with Crippen molar-refractivity contribution in [2.24, 2.45) is 0 Å². The molecule has 2 aromatic carbocycles. The number of nitrogens with one attached hydrogen (secondary N) is 1. The van der Waals surface area contributed by atoms with Crippen LogP contribution in [0.4, 0.5) is 5.69 Å². The molecule has 1 aromatic heterocycles. The Bertz CT molecular complexity index is 1040. The predicted octanol–water partition coefficient (Wildman–Crippen LogP) is 2.41.